The van der Waals surface area contributed by atoms with E-state index in [9.17, 15) is 32.3 Å². The van der Waals surface area contributed by atoms with Gasteiger partial charge in [-0.2, -0.15) is 13.2 Å². The fraction of sp³-hybridized carbons (Fsp3) is 0.447. The molecule has 0 radical (unpaired) electrons. The fourth-order valence-electron chi connectivity index (χ4n) is 8.58. The SMILES string of the molecule is Cn1c(=O)n(C2CCC(=O)NC2=O)c2cccc([C@@H]3CCN(CC4CCC(c5cn6cc(NC(=O)c7cncc(C(F)(F)F)n7)ccc6n5)CC4)C[C@H]3F)c21. The number of pyridine rings is 1. The zero-order chi connectivity index (χ0) is 38.6. The summed E-state index contributed by atoms with van der Waals surface area (Å²) in [7, 11) is 1.64. The number of anilines is 1. The van der Waals surface area contributed by atoms with Crippen LogP contribution in [0.5, 0.6) is 0 Å². The van der Waals surface area contributed by atoms with E-state index in [2.05, 4.69) is 25.5 Å². The molecule has 4 aromatic heterocycles. The van der Waals surface area contributed by atoms with E-state index in [4.69, 9.17) is 4.98 Å². The normalized spacial score (nSPS) is 24.0. The van der Waals surface area contributed by atoms with Crippen LogP contribution in [-0.4, -0.2) is 76.9 Å². The van der Waals surface area contributed by atoms with Crippen LogP contribution in [-0.2, 0) is 22.8 Å². The number of piperidine rings is 2. The highest BCUT2D eigenvalue weighted by Gasteiger charge is 2.37. The molecular weight excluding hydrogens is 722 g/mol. The number of hydrogen-bond donors (Lipinski definition) is 2. The molecule has 3 amide bonds. The molecule has 1 unspecified atom stereocenters. The van der Waals surface area contributed by atoms with Gasteiger partial charge in [0, 0.05) is 50.8 Å². The first-order chi connectivity index (χ1) is 26.3. The number of amides is 3. The van der Waals surface area contributed by atoms with E-state index in [-0.39, 0.29) is 36.9 Å². The lowest BCUT2D eigenvalue weighted by Gasteiger charge is -2.38. The van der Waals surface area contributed by atoms with Gasteiger partial charge in [-0.15, -0.1) is 0 Å². The maximum absolute atomic E-state index is 16.1. The summed E-state index contributed by atoms with van der Waals surface area (Å²) in [6, 6.07) is 8.00. The second-order valence-electron chi connectivity index (χ2n) is 14.9. The number of imidazole rings is 2. The standard InChI is InChI=1S/C38H39F4N9O4/c1-48-34-25(3-2-4-29(34)51(37(48)55)30-10-12-33(52)47-36(30)54)24-13-14-49(19-26(24)39)17-21-5-7-22(8-6-21)28-20-50-18-23(9-11-32(50)46-28)44-35(53)27-15-43-16-31(45-27)38(40,41)42/h2-4,9,11,15-16,18,20-22,24,26,30H,5-8,10,12-14,17,19H2,1H3,(H,44,53)(H,47,52,54)/t21?,22?,24-,26+,30?/m0/s1. The van der Waals surface area contributed by atoms with Crippen LogP contribution in [0.15, 0.2) is 59.9 Å². The lowest BCUT2D eigenvalue weighted by Crippen LogP contribution is -2.44. The first-order valence-corrected chi connectivity index (χ1v) is 18.4. The van der Waals surface area contributed by atoms with Crippen molar-refractivity contribution in [3.63, 3.8) is 0 Å². The second-order valence-corrected chi connectivity index (χ2v) is 14.9. The molecule has 2 N–H and O–H groups in total. The summed E-state index contributed by atoms with van der Waals surface area (Å²) in [5.74, 6) is -1.45. The monoisotopic (exact) mass is 761 g/mol. The van der Waals surface area contributed by atoms with Crippen LogP contribution < -0.4 is 16.3 Å². The van der Waals surface area contributed by atoms with Gasteiger partial charge in [-0.25, -0.2) is 19.2 Å². The van der Waals surface area contributed by atoms with Gasteiger partial charge in [0.05, 0.1) is 34.8 Å². The number of rotatable bonds is 7. The molecule has 1 aromatic carbocycles. The van der Waals surface area contributed by atoms with Gasteiger partial charge in [0.2, 0.25) is 11.8 Å². The van der Waals surface area contributed by atoms with Crippen LogP contribution in [0, 0.1) is 5.92 Å². The molecule has 2 saturated heterocycles. The van der Waals surface area contributed by atoms with Crippen LogP contribution in [0.4, 0.5) is 23.2 Å². The van der Waals surface area contributed by atoms with Gasteiger partial charge in [0.15, 0.2) is 5.69 Å². The number of halogens is 4. The molecule has 1 saturated carbocycles. The van der Waals surface area contributed by atoms with Crippen LogP contribution in [0.3, 0.4) is 0 Å². The number of carbonyl (C=O) groups is 3. The van der Waals surface area contributed by atoms with Crippen molar-refractivity contribution in [2.24, 2.45) is 13.0 Å². The summed E-state index contributed by atoms with van der Waals surface area (Å²) in [5, 5.41) is 4.91. The van der Waals surface area contributed by atoms with Crippen molar-refractivity contribution in [1.82, 2.24) is 38.7 Å². The Labute approximate surface area is 311 Å². The number of nitrogens with one attached hydrogen (secondary N) is 2. The zero-order valence-electron chi connectivity index (χ0n) is 29.9. The highest BCUT2D eigenvalue weighted by Crippen LogP contribution is 2.39. The Bertz CT molecular complexity index is 2360. The largest absolute Gasteiger partial charge is 0.434 e. The molecule has 5 aromatic rings. The Morgan fingerprint density at radius 2 is 1.78 bits per heavy atom. The molecule has 3 fully saturated rings. The summed E-state index contributed by atoms with van der Waals surface area (Å²) < 4.78 is 59.9. The lowest BCUT2D eigenvalue weighted by molar-refractivity contribution is -0.141. The van der Waals surface area contributed by atoms with Gasteiger partial charge in [-0.1, -0.05) is 12.1 Å². The van der Waals surface area contributed by atoms with E-state index < -0.39 is 47.5 Å². The van der Waals surface area contributed by atoms with Crippen molar-refractivity contribution in [3.05, 3.63) is 88.2 Å². The van der Waals surface area contributed by atoms with E-state index in [1.54, 1.807) is 41.9 Å². The number of aromatic nitrogens is 6. The lowest BCUT2D eigenvalue weighted by atomic mass is 9.80. The number of para-hydroxylation sites is 1. The number of likely N-dealkylation sites (tertiary alicyclic amines) is 1. The van der Waals surface area contributed by atoms with Crippen molar-refractivity contribution >= 4 is 40.1 Å². The second kappa shape index (κ2) is 14.3. The van der Waals surface area contributed by atoms with Gasteiger partial charge in [0.1, 0.15) is 23.6 Å². The molecule has 0 spiro atoms. The minimum Gasteiger partial charge on any atom is -0.319 e. The van der Waals surface area contributed by atoms with Gasteiger partial charge >= 0.3 is 11.9 Å². The molecule has 6 heterocycles. The number of aryl methyl sites for hydroxylation is 1. The third-order valence-corrected chi connectivity index (χ3v) is 11.3. The molecular formula is C38H39F4N9O4. The summed E-state index contributed by atoms with van der Waals surface area (Å²) in [6.45, 7) is 1.79. The number of imide groups is 1. The molecule has 2 aliphatic heterocycles. The third-order valence-electron chi connectivity index (χ3n) is 11.3. The number of carbonyl (C=O) groups excluding carboxylic acids is 3. The van der Waals surface area contributed by atoms with Crippen molar-refractivity contribution < 1.29 is 31.9 Å². The van der Waals surface area contributed by atoms with Crippen molar-refractivity contribution in [1.29, 1.82) is 0 Å². The Balaban J connectivity index is 0.872. The maximum Gasteiger partial charge on any atom is 0.434 e. The van der Waals surface area contributed by atoms with Crippen LogP contribution in [0.1, 0.15) is 90.3 Å². The average molecular weight is 762 g/mol. The molecule has 1 aliphatic carbocycles. The Hall–Kier alpha value is -5.45. The summed E-state index contributed by atoms with van der Waals surface area (Å²) >= 11 is 0. The molecule has 8 rings (SSSR count). The summed E-state index contributed by atoms with van der Waals surface area (Å²) in [6.07, 6.45) is 3.97. The molecule has 13 nitrogen and oxygen atoms in total. The first-order valence-electron chi connectivity index (χ1n) is 18.4. The predicted molar refractivity (Wildman–Crippen MR) is 192 cm³/mol. The minimum atomic E-state index is -4.72. The molecule has 0 bridgehead atoms. The Morgan fingerprint density at radius 3 is 2.53 bits per heavy atom. The van der Waals surface area contributed by atoms with E-state index in [0.29, 0.717) is 40.9 Å². The summed E-state index contributed by atoms with van der Waals surface area (Å²) in [5.41, 5.74) is 1.83. The fourth-order valence-corrected chi connectivity index (χ4v) is 8.58. The Morgan fingerprint density at radius 1 is 0.982 bits per heavy atom. The van der Waals surface area contributed by atoms with Crippen LogP contribution in [0.25, 0.3) is 16.7 Å². The molecule has 17 heteroatoms. The Kier molecular flexibility index (Phi) is 9.51. The minimum absolute atomic E-state index is 0.144. The number of fused-ring (bicyclic) bond motifs is 2. The van der Waals surface area contributed by atoms with Gasteiger partial charge in [-0.05, 0) is 74.8 Å². The van der Waals surface area contributed by atoms with E-state index >= 15 is 4.39 Å². The zero-order valence-corrected chi connectivity index (χ0v) is 29.9. The highest BCUT2D eigenvalue weighted by atomic mass is 19.4. The molecule has 288 valence electrons. The van der Waals surface area contributed by atoms with Gasteiger partial charge < -0.3 is 14.6 Å². The topological polar surface area (TPSA) is 149 Å². The van der Waals surface area contributed by atoms with Crippen molar-refractivity contribution in [2.75, 3.05) is 25.0 Å². The maximum atomic E-state index is 16.1. The van der Waals surface area contributed by atoms with Crippen molar-refractivity contribution in [2.45, 2.75) is 75.2 Å². The number of alkyl halides is 4. The summed E-state index contributed by atoms with van der Waals surface area (Å²) in [4.78, 5) is 64.3. The number of benzene rings is 1. The van der Waals surface area contributed by atoms with Crippen LogP contribution >= 0.6 is 0 Å². The average Bonchev–Trinajstić information content (AvgIpc) is 3.69. The number of hydrogen-bond acceptors (Lipinski definition) is 8. The van der Waals surface area contributed by atoms with E-state index in [1.807, 2.05) is 12.3 Å². The quantitative estimate of drug-likeness (QED) is 0.172. The molecule has 3 atom stereocenters. The van der Waals surface area contributed by atoms with Gasteiger partial charge in [0.25, 0.3) is 5.91 Å². The highest BCUT2D eigenvalue weighted by molar-refractivity contribution is 6.02. The van der Waals surface area contributed by atoms with E-state index in [1.165, 1.54) is 9.13 Å². The van der Waals surface area contributed by atoms with Crippen LogP contribution in [0.2, 0.25) is 0 Å². The first kappa shape index (κ1) is 36.5. The molecule has 3 aliphatic rings. The third kappa shape index (κ3) is 7.12. The smallest absolute Gasteiger partial charge is 0.319 e. The van der Waals surface area contributed by atoms with Crippen molar-refractivity contribution in [3.8, 4) is 0 Å². The van der Waals surface area contributed by atoms with E-state index in [0.717, 1.165) is 56.2 Å². The number of nitrogens with zero attached hydrogens (tertiary/aromatic N) is 7. The van der Waals surface area contributed by atoms with Gasteiger partial charge in [-0.3, -0.25) is 33.8 Å². The molecule has 55 heavy (non-hydrogen) atoms. The predicted octanol–water partition coefficient (Wildman–Crippen LogP) is 5.13.